The van der Waals surface area contributed by atoms with Gasteiger partial charge in [0.15, 0.2) is 0 Å². The number of nitriles is 1. The number of carboxylic acid groups (broad SMARTS) is 1. The minimum absolute atomic E-state index is 0.0188. The van der Waals surface area contributed by atoms with Crippen molar-refractivity contribution in [2.24, 2.45) is 5.92 Å². The highest BCUT2D eigenvalue weighted by Gasteiger charge is 2.24. The highest BCUT2D eigenvalue weighted by Crippen LogP contribution is 2.08. The molecule has 1 N–H and O–H groups in total. The molecule has 1 unspecified atom stereocenters. The predicted molar refractivity (Wildman–Crippen MR) is 77.7 cm³/mol. The summed E-state index contributed by atoms with van der Waals surface area (Å²) in [6, 6.07) is 2.08. The lowest BCUT2D eigenvalue weighted by Crippen LogP contribution is -2.46. The van der Waals surface area contributed by atoms with Crippen LogP contribution in [0.2, 0.25) is 0 Å². The van der Waals surface area contributed by atoms with Crippen molar-refractivity contribution in [2.45, 2.75) is 20.3 Å². The first-order valence-corrected chi connectivity index (χ1v) is 7.35. The maximum Gasteiger partial charge on any atom is 0.320 e. The van der Waals surface area contributed by atoms with Crippen LogP contribution in [-0.4, -0.2) is 77.6 Å². The fraction of sp³-hybridized carbons (Fsp3) is 0.786. The molecule has 1 heterocycles. The lowest BCUT2D eigenvalue weighted by Gasteiger charge is -2.29. The third-order valence-electron chi connectivity index (χ3n) is 3.58. The number of hydrogen-bond donors (Lipinski definition) is 1. The number of urea groups is 1. The molecule has 1 rings (SSSR count). The van der Waals surface area contributed by atoms with Crippen LogP contribution < -0.4 is 0 Å². The molecular weight excluding hydrogens is 272 g/mol. The van der Waals surface area contributed by atoms with Gasteiger partial charge in [0.2, 0.25) is 0 Å². The number of nitrogens with zero attached hydrogens (tertiary/aromatic N) is 4. The summed E-state index contributed by atoms with van der Waals surface area (Å²) in [5, 5.41) is 17.7. The Kier molecular flexibility index (Phi) is 6.96. The average Bonchev–Trinajstić information content (AvgIpc) is 2.68. The second-order valence-corrected chi connectivity index (χ2v) is 5.36. The van der Waals surface area contributed by atoms with Crippen molar-refractivity contribution < 1.29 is 14.7 Å². The zero-order valence-corrected chi connectivity index (χ0v) is 12.8. The fourth-order valence-corrected chi connectivity index (χ4v) is 2.43. The zero-order valence-electron chi connectivity index (χ0n) is 12.8. The molecule has 0 radical (unpaired) electrons. The van der Waals surface area contributed by atoms with Crippen molar-refractivity contribution in [1.29, 1.82) is 5.26 Å². The van der Waals surface area contributed by atoms with Gasteiger partial charge in [-0.3, -0.25) is 9.69 Å². The Labute approximate surface area is 125 Å². The predicted octanol–water partition coefficient (Wildman–Crippen LogP) is 0.680. The summed E-state index contributed by atoms with van der Waals surface area (Å²) in [5.41, 5.74) is 0. The highest BCUT2D eigenvalue weighted by atomic mass is 16.4. The third kappa shape index (κ3) is 5.60. The molecule has 1 saturated heterocycles. The molecule has 118 valence electrons. The van der Waals surface area contributed by atoms with E-state index < -0.39 is 5.97 Å². The molecule has 0 aliphatic carbocycles. The highest BCUT2D eigenvalue weighted by molar-refractivity contribution is 5.74. The molecule has 0 bridgehead atoms. The Morgan fingerprint density at radius 3 is 2.62 bits per heavy atom. The van der Waals surface area contributed by atoms with Crippen LogP contribution in [0.15, 0.2) is 0 Å². The summed E-state index contributed by atoms with van der Waals surface area (Å²) in [5.74, 6) is -1.03. The lowest BCUT2D eigenvalue weighted by atomic mass is 10.2. The van der Waals surface area contributed by atoms with Crippen LogP contribution in [0.5, 0.6) is 0 Å². The van der Waals surface area contributed by atoms with Gasteiger partial charge < -0.3 is 14.9 Å². The van der Waals surface area contributed by atoms with Gasteiger partial charge in [0, 0.05) is 39.3 Å². The van der Waals surface area contributed by atoms with Gasteiger partial charge in [0.25, 0.3) is 0 Å². The van der Waals surface area contributed by atoms with Gasteiger partial charge in [0.1, 0.15) is 0 Å². The Bertz CT molecular complexity index is 408. The summed E-state index contributed by atoms with van der Waals surface area (Å²) < 4.78 is 0. The Hall–Kier alpha value is -1.81. The average molecular weight is 296 g/mol. The van der Waals surface area contributed by atoms with Gasteiger partial charge in [0.05, 0.1) is 18.5 Å². The van der Waals surface area contributed by atoms with E-state index in [1.807, 2.05) is 11.8 Å². The maximum atomic E-state index is 12.5. The summed E-state index contributed by atoms with van der Waals surface area (Å²) >= 11 is 0. The van der Waals surface area contributed by atoms with E-state index in [2.05, 4.69) is 6.07 Å². The number of carbonyl (C=O) groups is 2. The summed E-state index contributed by atoms with van der Waals surface area (Å²) in [4.78, 5) is 28.5. The molecule has 1 fully saturated rings. The molecular formula is C14H24N4O3. The second kappa shape index (κ2) is 8.47. The molecule has 7 heteroatoms. The van der Waals surface area contributed by atoms with E-state index in [9.17, 15) is 9.59 Å². The number of hydrogen-bond acceptors (Lipinski definition) is 4. The van der Waals surface area contributed by atoms with Gasteiger partial charge in [-0.1, -0.05) is 0 Å². The Balaban J connectivity index is 2.57. The summed E-state index contributed by atoms with van der Waals surface area (Å²) in [6.45, 7) is 7.14. The van der Waals surface area contributed by atoms with Gasteiger partial charge in [-0.15, -0.1) is 0 Å². The van der Waals surface area contributed by atoms with E-state index in [4.69, 9.17) is 10.4 Å². The maximum absolute atomic E-state index is 12.5. The molecule has 2 amide bonds. The van der Waals surface area contributed by atoms with Crippen molar-refractivity contribution in [1.82, 2.24) is 14.7 Å². The van der Waals surface area contributed by atoms with Gasteiger partial charge in [-0.25, -0.2) is 4.79 Å². The van der Waals surface area contributed by atoms with Crippen LogP contribution >= 0.6 is 0 Å². The summed E-state index contributed by atoms with van der Waals surface area (Å²) in [6.07, 6.45) is 0.768. The van der Waals surface area contributed by atoms with Crippen molar-refractivity contribution in [3.8, 4) is 6.07 Å². The van der Waals surface area contributed by atoms with Crippen LogP contribution in [0.4, 0.5) is 4.79 Å². The number of carboxylic acids is 1. The van der Waals surface area contributed by atoms with Crippen molar-refractivity contribution in [3.05, 3.63) is 0 Å². The normalized spacial score (nSPS) is 17.7. The van der Waals surface area contributed by atoms with Gasteiger partial charge in [-0.05, 0) is 20.3 Å². The number of carbonyl (C=O) groups excluding carboxylic acids is 1. The van der Waals surface area contributed by atoms with Crippen LogP contribution in [0.25, 0.3) is 0 Å². The van der Waals surface area contributed by atoms with Crippen LogP contribution in [-0.2, 0) is 4.79 Å². The van der Waals surface area contributed by atoms with Crippen molar-refractivity contribution in [2.75, 3.05) is 45.8 Å². The van der Waals surface area contributed by atoms with Gasteiger partial charge >= 0.3 is 12.0 Å². The standard InChI is InChI=1S/C14H24N4O3/c1-3-17(10-12(2)9-15)14(21)18-6-4-5-16(7-8-18)11-13(19)20/h12H,3-8,10-11H2,1-2H3,(H,19,20). The third-order valence-corrected chi connectivity index (χ3v) is 3.58. The molecule has 0 aromatic heterocycles. The topological polar surface area (TPSA) is 87.9 Å². The van der Waals surface area contributed by atoms with E-state index in [1.54, 1.807) is 16.7 Å². The number of aliphatic carboxylic acids is 1. The molecule has 1 aliphatic heterocycles. The minimum atomic E-state index is -0.840. The molecule has 1 atom stereocenters. The molecule has 0 aromatic rings. The zero-order chi connectivity index (χ0) is 15.8. The summed E-state index contributed by atoms with van der Waals surface area (Å²) in [7, 11) is 0. The van der Waals surface area contributed by atoms with Crippen LogP contribution in [0.1, 0.15) is 20.3 Å². The van der Waals surface area contributed by atoms with E-state index in [0.717, 1.165) is 6.42 Å². The number of amides is 2. The quantitative estimate of drug-likeness (QED) is 0.806. The smallest absolute Gasteiger partial charge is 0.320 e. The largest absolute Gasteiger partial charge is 0.480 e. The van der Waals surface area contributed by atoms with Gasteiger partial charge in [-0.2, -0.15) is 5.26 Å². The van der Waals surface area contributed by atoms with E-state index >= 15 is 0 Å². The number of rotatable bonds is 5. The molecule has 0 spiro atoms. The van der Waals surface area contributed by atoms with Crippen LogP contribution in [0, 0.1) is 17.2 Å². The Morgan fingerprint density at radius 1 is 1.33 bits per heavy atom. The fourth-order valence-electron chi connectivity index (χ4n) is 2.43. The minimum Gasteiger partial charge on any atom is -0.480 e. The SMILES string of the molecule is CCN(CC(C)C#N)C(=O)N1CCCN(CC(=O)O)CC1. The van der Waals surface area contributed by atoms with Crippen molar-refractivity contribution in [3.63, 3.8) is 0 Å². The van der Waals surface area contributed by atoms with E-state index in [0.29, 0.717) is 39.3 Å². The van der Waals surface area contributed by atoms with E-state index in [-0.39, 0.29) is 18.5 Å². The van der Waals surface area contributed by atoms with Crippen molar-refractivity contribution >= 4 is 12.0 Å². The molecule has 21 heavy (non-hydrogen) atoms. The van der Waals surface area contributed by atoms with E-state index in [1.165, 1.54) is 0 Å². The second-order valence-electron chi connectivity index (χ2n) is 5.36. The molecule has 1 aliphatic rings. The first kappa shape index (κ1) is 17.2. The molecule has 0 aromatic carbocycles. The Morgan fingerprint density at radius 2 is 2.05 bits per heavy atom. The van der Waals surface area contributed by atoms with Crippen LogP contribution in [0.3, 0.4) is 0 Å². The lowest BCUT2D eigenvalue weighted by molar-refractivity contribution is -0.138. The monoisotopic (exact) mass is 296 g/mol. The molecule has 0 saturated carbocycles. The first-order chi connectivity index (χ1) is 9.97. The first-order valence-electron chi connectivity index (χ1n) is 7.35. The molecule has 7 nitrogen and oxygen atoms in total.